The number of halogens is 3. The van der Waals surface area contributed by atoms with Crippen LogP contribution in [0.3, 0.4) is 0 Å². The molecule has 1 atom stereocenters. The average Bonchev–Trinajstić information content (AvgIpc) is 2.41. The van der Waals surface area contributed by atoms with Gasteiger partial charge in [0.15, 0.2) is 0 Å². The third kappa shape index (κ3) is 7.91. The second-order valence-corrected chi connectivity index (χ2v) is 5.23. The maximum atomic E-state index is 12.0. The van der Waals surface area contributed by atoms with E-state index in [2.05, 4.69) is 21.9 Å². The largest absolute Gasteiger partial charge is 0.519 e. The number of aliphatic hydroxyl groups is 1. The molecule has 1 aliphatic rings. The van der Waals surface area contributed by atoms with E-state index in [1.807, 2.05) is 24.0 Å². The van der Waals surface area contributed by atoms with Crippen molar-refractivity contribution in [3.8, 4) is 0 Å². The van der Waals surface area contributed by atoms with Crippen molar-refractivity contribution < 1.29 is 23.1 Å². The zero-order valence-corrected chi connectivity index (χ0v) is 13.4. The molecule has 2 heterocycles. The van der Waals surface area contributed by atoms with E-state index >= 15 is 0 Å². The van der Waals surface area contributed by atoms with Crippen LogP contribution in [0, 0.1) is 0 Å². The molecule has 1 fully saturated rings. The van der Waals surface area contributed by atoms with Gasteiger partial charge in [-0.25, -0.2) is 9.97 Å². The van der Waals surface area contributed by atoms with Crippen LogP contribution in [-0.2, 0) is 11.2 Å². The molecule has 1 aromatic rings. The highest BCUT2D eigenvalue weighted by molar-refractivity contribution is 5.84. The Labute approximate surface area is 138 Å². The summed E-state index contributed by atoms with van der Waals surface area (Å²) in [7, 11) is 0. The van der Waals surface area contributed by atoms with Crippen LogP contribution < -0.4 is 5.32 Å². The van der Waals surface area contributed by atoms with Crippen molar-refractivity contribution in [3.63, 3.8) is 0 Å². The first kappa shape index (κ1) is 19.9. The van der Waals surface area contributed by atoms with Gasteiger partial charge in [-0.1, -0.05) is 6.08 Å². The normalized spacial score (nSPS) is 14.8. The molecule has 6 nitrogen and oxygen atoms in total. The minimum Gasteiger partial charge on any atom is -0.359 e. The Morgan fingerprint density at radius 3 is 2.62 bits per heavy atom. The number of hydrogen-bond donors (Lipinski definition) is 2. The number of anilines is 1. The summed E-state index contributed by atoms with van der Waals surface area (Å²) in [6.45, 7) is 7.31. The summed E-state index contributed by atoms with van der Waals surface area (Å²) >= 11 is 0. The third-order valence-electron chi connectivity index (χ3n) is 3.23. The molecule has 1 aromatic heterocycles. The van der Waals surface area contributed by atoms with Gasteiger partial charge in [0.2, 0.25) is 5.91 Å². The van der Waals surface area contributed by atoms with Gasteiger partial charge in [0.1, 0.15) is 18.2 Å². The van der Waals surface area contributed by atoms with Crippen LogP contribution in [0.2, 0.25) is 0 Å². The van der Waals surface area contributed by atoms with Crippen LogP contribution in [-0.4, -0.2) is 51.4 Å². The van der Waals surface area contributed by atoms with Crippen LogP contribution in [0.4, 0.5) is 19.0 Å². The fraction of sp³-hybridized carbons (Fsp3) is 0.533. The summed E-state index contributed by atoms with van der Waals surface area (Å²) in [5, 5.41) is 9.66. The van der Waals surface area contributed by atoms with E-state index in [-0.39, 0.29) is 11.9 Å². The van der Waals surface area contributed by atoms with E-state index in [9.17, 15) is 18.0 Å². The summed E-state index contributed by atoms with van der Waals surface area (Å²) in [5.74, 6) is 0.841. The fourth-order valence-electron chi connectivity index (χ4n) is 1.96. The number of nitrogens with zero attached hydrogens (tertiary/aromatic N) is 3. The van der Waals surface area contributed by atoms with Gasteiger partial charge in [-0.15, -0.1) is 19.8 Å². The smallest absolute Gasteiger partial charge is 0.359 e. The number of rotatable bonds is 6. The number of likely N-dealkylation sites (tertiary alicyclic amines) is 1. The number of nitrogens with one attached hydrogen (secondary N) is 1. The first-order valence-electron chi connectivity index (χ1n) is 7.47. The number of carbonyl (C=O) groups excluding carboxylic acids is 1. The molecule has 2 rings (SSSR count). The molecule has 0 unspecified atom stereocenters. The highest BCUT2D eigenvalue weighted by Gasteiger charge is 2.25. The molecule has 0 aromatic carbocycles. The maximum Gasteiger partial charge on any atom is 0.519 e. The van der Waals surface area contributed by atoms with Crippen molar-refractivity contribution in [2.45, 2.75) is 38.6 Å². The Morgan fingerprint density at radius 2 is 2.12 bits per heavy atom. The van der Waals surface area contributed by atoms with Gasteiger partial charge in [-0.05, 0) is 26.2 Å². The van der Waals surface area contributed by atoms with E-state index in [0.717, 1.165) is 38.0 Å². The summed E-state index contributed by atoms with van der Waals surface area (Å²) in [6.07, 6.45) is 1.23. The predicted molar refractivity (Wildman–Crippen MR) is 83.1 cm³/mol. The summed E-state index contributed by atoms with van der Waals surface area (Å²) in [6, 6.07) is 1.64. The minimum absolute atomic E-state index is 0.137. The lowest BCUT2D eigenvalue weighted by atomic mass is 10.1. The molecular weight excluding hydrogens is 325 g/mol. The monoisotopic (exact) mass is 346 g/mol. The van der Waals surface area contributed by atoms with Crippen molar-refractivity contribution in [1.29, 1.82) is 0 Å². The second-order valence-electron chi connectivity index (χ2n) is 5.23. The first-order valence-corrected chi connectivity index (χ1v) is 7.47. The Kier molecular flexibility index (Phi) is 7.63. The maximum absolute atomic E-state index is 12.0. The number of carbonyl (C=O) groups is 1. The lowest BCUT2D eigenvalue weighted by molar-refractivity contribution is -0.295. The molecule has 1 saturated heterocycles. The van der Waals surface area contributed by atoms with Crippen LogP contribution in [0.15, 0.2) is 25.0 Å². The van der Waals surface area contributed by atoms with E-state index in [4.69, 9.17) is 5.11 Å². The van der Waals surface area contributed by atoms with Crippen molar-refractivity contribution in [2.75, 3.05) is 18.4 Å². The quantitative estimate of drug-likeness (QED) is 0.772. The van der Waals surface area contributed by atoms with Crippen LogP contribution in [0.25, 0.3) is 0 Å². The molecule has 1 aliphatic heterocycles. The summed E-state index contributed by atoms with van der Waals surface area (Å²) < 4.78 is 29.7. The van der Waals surface area contributed by atoms with Gasteiger partial charge < -0.3 is 15.3 Å². The Bertz CT molecular complexity index is 542. The highest BCUT2D eigenvalue weighted by atomic mass is 19.4. The number of aromatic nitrogens is 2. The molecule has 9 heteroatoms. The lowest BCUT2D eigenvalue weighted by Gasteiger charge is -2.33. The van der Waals surface area contributed by atoms with E-state index < -0.39 is 6.36 Å². The van der Waals surface area contributed by atoms with Gasteiger partial charge in [0, 0.05) is 24.8 Å². The van der Waals surface area contributed by atoms with Crippen molar-refractivity contribution in [1.82, 2.24) is 14.9 Å². The molecule has 24 heavy (non-hydrogen) atoms. The topological polar surface area (TPSA) is 78.4 Å². The molecule has 1 amide bonds. The third-order valence-corrected chi connectivity index (χ3v) is 3.23. The van der Waals surface area contributed by atoms with E-state index in [0.29, 0.717) is 5.82 Å². The molecule has 0 saturated carbocycles. The standard InChI is InChI=1S/C14H20N4O.CHF3O/c1-3-4-6-12-9-13(16-10-15-12)17-11(2)14(19)18-7-5-8-18;2-1(3,4)5/h3,9-11H,1,4-8H2,2H3,(H,15,16,17);5H/t11-;/m1./s1. The Hall–Kier alpha value is -2.16. The zero-order valence-electron chi connectivity index (χ0n) is 13.4. The number of hydrogen-bond acceptors (Lipinski definition) is 5. The minimum atomic E-state index is -5.00. The zero-order chi connectivity index (χ0) is 18.2. The molecule has 0 bridgehead atoms. The van der Waals surface area contributed by atoms with Gasteiger partial charge >= 0.3 is 6.36 Å². The molecule has 2 N–H and O–H groups in total. The second kappa shape index (κ2) is 9.21. The van der Waals surface area contributed by atoms with Gasteiger partial charge in [0.25, 0.3) is 0 Å². The molecule has 0 radical (unpaired) electrons. The van der Waals surface area contributed by atoms with Crippen molar-refractivity contribution in [2.24, 2.45) is 0 Å². The van der Waals surface area contributed by atoms with Crippen LogP contribution in [0.5, 0.6) is 0 Å². The SMILES string of the molecule is C=CCCc1cc(N[C@H](C)C(=O)N2CCC2)ncn1.OC(F)(F)F. The summed E-state index contributed by atoms with van der Waals surface area (Å²) in [4.78, 5) is 22.2. The van der Waals surface area contributed by atoms with E-state index in [1.54, 1.807) is 0 Å². The highest BCUT2D eigenvalue weighted by Crippen LogP contribution is 2.12. The fourth-order valence-corrected chi connectivity index (χ4v) is 1.96. The molecule has 0 aliphatic carbocycles. The van der Waals surface area contributed by atoms with E-state index in [1.165, 1.54) is 6.33 Å². The average molecular weight is 346 g/mol. The molecule has 0 spiro atoms. The Morgan fingerprint density at radius 1 is 1.50 bits per heavy atom. The number of amides is 1. The van der Waals surface area contributed by atoms with Crippen LogP contribution >= 0.6 is 0 Å². The number of aryl methyl sites for hydroxylation is 1. The van der Waals surface area contributed by atoms with Gasteiger partial charge in [0.05, 0.1) is 0 Å². The molecular formula is C15H21F3N4O2. The van der Waals surface area contributed by atoms with Crippen molar-refractivity contribution in [3.05, 3.63) is 30.7 Å². The van der Waals surface area contributed by atoms with Crippen molar-refractivity contribution >= 4 is 11.7 Å². The number of alkyl halides is 3. The Balaban J connectivity index is 0.000000505. The van der Waals surface area contributed by atoms with Gasteiger partial charge in [-0.3, -0.25) is 4.79 Å². The number of allylic oxidation sites excluding steroid dienone is 1. The molecule has 134 valence electrons. The lowest BCUT2D eigenvalue weighted by Crippen LogP contribution is -2.48. The summed E-state index contributed by atoms with van der Waals surface area (Å²) in [5.41, 5.74) is 0.959. The first-order chi connectivity index (χ1) is 11.2. The predicted octanol–water partition coefficient (Wildman–Crippen LogP) is 2.13. The van der Waals surface area contributed by atoms with Crippen LogP contribution in [0.1, 0.15) is 25.5 Å². The van der Waals surface area contributed by atoms with Gasteiger partial charge in [-0.2, -0.15) is 0 Å².